The molecule has 0 radical (unpaired) electrons. The predicted octanol–water partition coefficient (Wildman–Crippen LogP) is 2.59. The second kappa shape index (κ2) is 6.93. The van der Waals surface area contributed by atoms with Gasteiger partial charge in [0.05, 0.1) is 23.3 Å². The number of nitro benzene ring substituents is 1. The van der Waals surface area contributed by atoms with Gasteiger partial charge in [0.1, 0.15) is 0 Å². The van der Waals surface area contributed by atoms with Gasteiger partial charge in [0, 0.05) is 17.7 Å². The number of hydrogen-bond donors (Lipinski definition) is 2. The fraction of sp³-hybridized carbons (Fsp3) is 0.500. The van der Waals surface area contributed by atoms with Gasteiger partial charge in [-0.2, -0.15) is 0 Å². The standard InChI is InChI=1S/C12H19N3O3/c1-3-4-9(2)18-8-10-7-11(15(16)17)5-6-12(10)14-13/h5-7,9,14H,3-4,8,13H2,1-2H3. The lowest BCUT2D eigenvalue weighted by Crippen LogP contribution is -2.12. The Morgan fingerprint density at radius 3 is 2.83 bits per heavy atom. The number of hydrazine groups is 1. The Hall–Kier alpha value is -1.66. The van der Waals surface area contributed by atoms with Crippen molar-refractivity contribution in [3.8, 4) is 0 Å². The van der Waals surface area contributed by atoms with Crippen LogP contribution < -0.4 is 11.3 Å². The van der Waals surface area contributed by atoms with E-state index in [0.717, 1.165) is 12.8 Å². The molecule has 1 rings (SSSR count). The number of nitro groups is 1. The van der Waals surface area contributed by atoms with Gasteiger partial charge in [-0.05, 0) is 19.4 Å². The third kappa shape index (κ3) is 3.97. The molecule has 0 aromatic heterocycles. The average molecular weight is 253 g/mol. The summed E-state index contributed by atoms with van der Waals surface area (Å²) >= 11 is 0. The Kier molecular flexibility index (Phi) is 5.54. The minimum absolute atomic E-state index is 0.0377. The molecule has 0 amide bonds. The number of nitrogen functional groups attached to an aromatic ring is 1. The summed E-state index contributed by atoms with van der Waals surface area (Å²) in [6.45, 7) is 4.37. The van der Waals surface area contributed by atoms with Gasteiger partial charge < -0.3 is 10.2 Å². The minimum atomic E-state index is -0.431. The molecule has 0 heterocycles. The van der Waals surface area contributed by atoms with Gasteiger partial charge in [-0.25, -0.2) is 0 Å². The Bertz CT molecular complexity index is 410. The number of nitrogens with zero attached hydrogens (tertiary/aromatic N) is 1. The molecule has 3 N–H and O–H groups in total. The summed E-state index contributed by atoms with van der Waals surface area (Å²) < 4.78 is 5.63. The van der Waals surface area contributed by atoms with Crippen molar-refractivity contribution in [2.75, 3.05) is 5.43 Å². The third-order valence-electron chi connectivity index (χ3n) is 2.67. The molecule has 0 saturated heterocycles. The summed E-state index contributed by atoms with van der Waals surface area (Å²) in [5.74, 6) is 5.37. The zero-order valence-corrected chi connectivity index (χ0v) is 10.7. The number of nitrogens with two attached hydrogens (primary N) is 1. The quantitative estimate of drug-likeness (QED) is 0.443. The van der Waals surface area contributed by atoms with Crippen LogP contribution in [0.4, 0.5) is 11.4 Å². The first-order valence-corrected chi connectivity index (χ1v) is 5.94. The lowest BCUT2D eigenvalue weighted by Gasteiger charge is -2.14. The van der Waals surface area contributed by atoms with Gasteiger partial charge in [0.25, 0.3) is 5.69 Å². The molecule has 6 heteroatoms. The van der Waals surface area contributed by atoms with E-state index in [1.807, 2.05) is 6.92 Å². The molecule has 6 nitrogen and oxygen atoms in total. The molecule has 1 aromatic rings. The van der Waals surface area contributed by atoms with Crippen LogP contribution in [0, 0.1) is 10.1 Å². The van der Waals surface area contributed by atoms with E-state index >= 15 is 0 Å². The van der Waals surface area contributed by atoms with Crippen LogP contribution in [-0.2, 0) is 11.3 Å². The van der Waals surface area contributed by atoms with Crippen LogP contribution in [0.15, 0.2) is 18.2 Å². The van der Waals surface area contributed by atoms with Gasteiger partial charge in [0.15, 0.2) is 0 Å². The maximum Gasteiger partial charge on any atom is 0.269 e. The molecule has 18 heavy (non-hydrogen) atoms. The largest absolute Gasteiger partial charge is 0.374 e. The molecule has 0 aliphatic rings. The Morgan fingerprint density at radius 2 is 2.28 bits per heavy atom. The number of ether oxygens (including phenoxy) is 1. The van der Waals surface area contributed by atoms with Crippen molar-refractivity contribution in [2.24, 2.45) is 5.84 Å². The SMILES string of the molecule is CCCC(C)OCc1cc([N+](=O)[O-])ccc1NN. The van der Waals surface area contributed by atoms with Crippen molar-refractivity contribution in [1.29, 1.82) is 0 Å². The lowest BCUT2D eigenvalue weighted by atomic mass is 10.1. The highest BCUT2D eigenvalue weighted by atomic mass is 16.6. The molecule has 0 aliphatic heterocycles. The van der Waals surface area contributed by atoms with Crippen LogP contribution in [-0.4, -0.2) is 11.0 Å². The van der Waals surface area contributed by atoms with Crippen LogP contribution in [0.3, 0.4) is 0 Å². The number of hydrogen-bond acceptors (Lipinski definition) is 5. The Morgan fingerprint density at radius 1 is 1.56 bits per heavy atom. The molecule has 0 spiro atoms. The zero-order valence-electron chi connectivity index (χ0n) is 10.7. The second-order valence-electron chi connectivity index (χ2n) is 4.15. The molecule has 1 aromatic carbocycles. The highest BCUT2D eigenvalue weighted by molar-refractivity contribution is 5.55. The summed E-state index contributed by atoms with van der Waals surface area (Å²) in [4.78, 5) is 10.3. The highest BCUT2D eigenvalue weighted by Gasteiger charge is 2.11. The number of rotatable bonds is 7. The van der Waals surface area contributed by atoms with E-state index in [4.69, 9.17) is 10.6 Å². The molecule has 100 valence electrons. The molecule has 0 bridgehead atoms. The molecule has 1 unspecified atom stereocenters. The number of non-ortho nitro benzene ring substituents is 1. The number of nitrogens with one attached hydrogen (secondary N) is 1. The third-order valence-corrected chi connectivity index (χ3v) is 2.67. The Balaban J connectivity index is 2.78. The zero-order chi connectivity index (χ0) is 13.5. The fourth-order valence-electron chi connectivity index (χ4n) is 1.68. The first kappa shape index (κ1) is 14.4. The van der Waals surface area contributed by atoms with Crippen LogP contribution in [0.2, 0.25) is 0 Å². The van der Waals surface area contributed by atoms with Crippen molar-refractivity contribution in [2.45, 2.75) is 39.4 Å². The fourth-order valence-corrected chi connectivity index (χ4v) is 1.68. The van der Waals surface area contributed by atoms with Crippen LogP contribution in [0.25, 0.3) is 0 Å². The van der Waals surface area contributed by atoms with Gasteiger partial charge in [0.2, 0.25) is 0 Å². The van der Waals surface area contributed by atoms with Crippen molar-refractivity contribution in [1.82, 2.24) is 0 Å². The molecule has 1 atom stereocenters. The van der Waals surface area contributed by atoms with E-state index in [9.17, 15) is 10.1 Å². The summed E-state index contributed by atoms with van der Waals surface area (Å²) in [5, 5.41) is 10.7. The molecule has 0 aliphatic carbocycles. The molecular weight excluding hydrogens is 234 g/mol. The first-order chi connectivity index (χ1) is 8.58. The lowest BCUT2D eigenvalue weighted by molar-refractivity contribution is -0.384. The summed E-state index contributed by atoms with van der Waals surface area (Å²) in [5.41, 5.74) is 3.88. The maximum atomic E-state index is 10.7. The monoisotopic (exact) mass is 253 g/mol. The van der Waals surface area contributed by atoms with E-state index in [-0.39, 0.29) is 11.8 Å². The van der Waals surface area contributed by atoms with Gasteiger partial charge in [-0.15, -0.1) is 0 Å². The van der Waals surface area contributed by atoms with Gasteiger partial charge in [-0.1, -0.05) is 13.3 Å². The smallest absolute Gasteiger partial charge is 0.269 e. The number of benzene rings is 1. The average Bonchev–Trinajstić information content (AvgIpc) is 2.36. The van der Waals surface area contributed by atoms with Crippen molar-refractivity contribution >= 4 is 11.4 Å². The molecule has 0 saturated carbocycles. The van der Waals surface area contributed by atoms with Gasteiger partial charge >= 0.3 is 0 Å². The summed E-state index contributed by atoms with van der Waals surface area (Å²) in [7, 11) is 0. The highest BCUT2D eigenvalue weighted by Crippen LogP contribution is 2.22. The topological polar surface area (TPSA) is 90.4 Å². The van der Waals surface area contributed by atoms with Crippen LogP contribution in [0.1, 0.15) is 32.3 Å². The molecular formula is C12H19N3O3. The van der Waals surface area contributed by atoms with E-state index in [1.165, 1.54) is 12.1 Å². The van der Waals surface area contributed by atoms with E-state index in [2.05, 4.69) is 12.3 Å². The predicted molar refractivity (Wildman–Crippen MR) is 70.1 cm³/mol. The first-order valence-electron chi connectivity index (χ1n) is 5.94. The number of anilines is 1. The van der Waals surface area contributed by atoms with Crippen LogP contribution >= 0.6 is 0 Å². The maximum absolute atomic E-state index is 10.7. The summed E-state index contributed by atoms with van der Waals surface area (Å²) in [6.07, 6.45) is 2.12. The van der Waals surface area contributed by atoms with E-state index in [1.54, 1.807) is 6.07 Å². The second-order valence-corrected chi connectivity index (χ2v) is 4.15. The van der Waals surface area contributed by atoms with Gasteiger partial charge in [-0.3, -0.25) is 16.0 Å². The molecule has 0 fully saturated rings. The van der Waals surface area contributed by atoms with Crippen molar-refractivity contribution in [3.63, 3.8) is 0 Å². The van der Waals surface area contributed by atoms with E-state index in [0.29, 0.717) is 17.9 Å². The van der Waals surface area contributed by atoms with Crippen molar-refractivity contribution in [3.05, 3.63) is 33.9 Å². The normalized spacial score (nSPS) is 12.2. The Labute approximate surface area is 106 Å². The van der Waals surface area contributed by atoms with Crippen molar-refractivity contribution < 1.29 is 9.66 Å². The van der Waals surface area contributed by atoms with E-state index < -0.39 is 4.92 Å². The minimum Gasteiger partial charge on any atom is -0.374 e. The summed E-state index contributed by atoms with van der Waals surface area (Å²) in [6, 6.07) is 4.48. The van der Waals surface area contributed by atoms with Crippen LogP contribution in [0.5, 0.6) is 0 Å².